The van der Waals surface area contributed by atoms with Crippen LogP contribution in [0.25, 0.3) is 0 Å². The first-order chi connectivity index (χ1) is 8.11. The molecule has 0 aliphatic heterocycles. The molecule has 2 rings (SSSR count). The van der Waals surface area contributed by atoms with E-state index in [-0.39, 0.29) is 11.6 Å². The molecule has 0 saturated carbocycles. The van der Waals surface area contributed by atoms with Gasteiger partial charge in [-0.05, 0) is 13.0 Å². The first-order valence-electron chi connectivity index (χ1n) is 5.23. The zero-order valence-electron chi connectivity index (χ0n) is 9.77. The lowest BCUT2D eigenvalue weighted by Crippen LogP contribution is -2.06. The highest BCUT2D eigenvalue weighted by Gasteiger charge is 2.10. The normalized spacial score (nSPS) is 10.5. The third-order valence-electron chi connectivity index (χ3n) is 2.58. The van der Waals surface area contributed by atoms with Gasteiger partial charge in [0.15, 0.2) is 11.6 Å². The van der Waals surface area contributed by atoms with Gasteiger partial charge >= 0.3 is 0 Å². The largest absolute Gasteiger partial charge is 0.494 e. The molecule has 1 aromatic heterocycles. The maximum Gasteiger partial charge on any atom is 0.170 e. The second-order valence-corrected chi connectivity index (χ2v) is 3.80. The molecule has 0 aliphatic carbocycles. The quantitative estimate of drug-likeness (QED) is 0.884. The van der Waals surface area contributed by atoms with Crippen LogP contribution in [0, 0.1) is 12.7 Å². The van der Waals surface area contributed by atoms with Gasteiger partial charge in [0, 0.05) is 17.3 Å². The van der Waals surface area contributed by atoms with Crippen LogP contribution in [0.3, 0.4) is 0 Å². The van der Waals surface area contributed by atoms with Gasteiger partial charge in [-0.1, -0.05) is 12.1 Å². The Balaban J connectivity index is 2.33. The summed E-state index contributed by atoms with van der Waals surface area (Å²) in [6.07, 6.45) is 0. The van der Waals surface area contributed by atoms with Gasteiger partial charge in [-0.2, -0.15) is 5.10 Å². The first-order valence-corrected chi connectivity index (χ1v) is 5.23. The van der Waals surface area contributed by atoms with Gasteiger partial charge in [0.05, 0.1) is 13.7 Å². The van der Waals surface area contributed by atoms with Gasteiger partial charge < -0.3 is 10.5 Å². The number of ether oxygens (including phenoxy) is 1. The molecule has 0 unspecified atom stereocenters. The number of aryl methyl sites for hydroxylation is 1. The predicted molar refractivity (Wildman–Crippen MR) is 63.4 cm³/mol. The lowest BCUT2D eigenvalue weighted by atomic mass is 10.2. The zero-order chi connectivity index (χ0) is 12.4. The highest BCUT2D eigenvalue weighted by Crippen LogP contribution is 2.21. The van der Waals surface area contributed by atoms with Crippen LogP contribution in [0.2, 0.25) is 0 Å². The van der Waals surface area contributed by atoms with E-state index in [1.807, 2.05) is 6.92 Å². The van der Waals surface area contributed by atoms with Crippen LogP contribution in [0.1, 0.15) is 11.3 Å². The Hall–Kier alpha value is -2.04. The molecule has 17 heavy (non-hydrogen) atoms. The topological polar surface area (TPSA) is 53.1 Å². The van der Waals surface area contributed by atoms with Crippen molar-refractivity contribution >= 4 is 5.82 Å². The highest BCUT2D eigenvalue weighted by molar-refractivity contribution is 5.33. The second kappa shape index (κ2) is 4.45. The first kappa shape index (κ1) is 11.4. The summed E-state index contributed by atoms with van der Waals surface area (Å²) in [5, 5.41) is 4.09. The highest BCUT2D eigenvalue weighted by atomic mass is 19.1. The van der Waals surface area contributed by atoms with E-state index in [0.29, 0.717) is 17.9 Å². The molecular weight excluding hydrogens is 221 g/mol. The Morgan fingerprint density at radius 1 is 1.47 bits per heavy atom. The van der Waals surface area contributed by atoms with Crippen LogP contribution in [0.4, 0.5) is 10.2 Å². The fourth-order valence-corrected chi connectivity index (χ4v) is 1.69. The van der Waals surface area contributed by atoms with E-state index < -0.39 is 0 Å². The summed E-state index contributed by atoms with van der Waals surface area (Å²) < 4.78 is 20.5. The molecule has 0 bridgehead atoms. The number of anilines is 1. The second-order valence-electron chi connectivity index (χ2n) is 3.80. The number of nitrogen functional groups attached to an aromatic ring is 1. The van der Waals surface area contributed by atoms with E-state index in [9.17, 15) is 4.39 Å². The van der Waals surface area contributed by atoms with E-state index in [1.54, 1.807) is 28.9 Å². The lowest BCUT2D eigenvalue weighted by molar-refractivity contribution is 0.383. The smallest absolute Gasteiger partial charge is 0.170 e. The molecule has 1 aromatic carbocycles. The van der Waals surface area contributed by atoms with Crippen molar-refractivity contribution in [2.45, 2.75) is 13.5 Å². The summed E-state index contributed by atoms with van der Waals surface area (Å²) in [7, 11) is 1.44. The van der Waals surface area contributed by atoms with E-state index in [1.165, 1.54) is 7.11 Å². The molecule has 90 valence electrons. The molecule has 0 saturated heterocycles. The van der Waals surface area contributed by atoms with Crippen molar-refractivity contribution in [1.29, 1.82) is 0 Å². The summed E-state index contributed by atoms with van der Waals surface area (Å²) >= 11 is 0. The summed E-state index contributed by atoms with van der Waals surface area (Å²) in [6.45, 7) is 2.22. The van der Waals surface area contributed by atoms with E-state index in [4.69, 9.17) is 10.5 Å². The third-order valence-corrected chi connectivity index (χ3v) is 2.58. The van der Waals surface area contributed by atoms with E-state index >= 15 is 0 Å². The standard InChI is InChI=1S/C12H14FN3O/c1-8-6-11(14)15-16(8)7-9-4-3-5-10(17-2)12(9)13/h3-6H,7H2,1-2H3,(H2,14,15). The average molecular weight is 235 g/mol. The Bertz CT molecular complexity index is 537. The van der Waals surface area contributed by atoms with Crippen LogP contribution < -0.4 is 10.5 Å². The Morgan fingerprint density at radius 2 is 2.24 bits per heavy atom. The molecule has 0 aliphatic rings. The summed E-state index contributed by atoms with van der Waals surface area (Å²) in [6, 6.07) is 6.79. The minimum atomic E-state index is -0.358. The van der Waals surface area contributed by atoms with Gasteiger partial charge in [-0.15, -0.1) is 0 Å². The molecule has 0 fully saturated rings. The van der Waals surface area contributed by atoms with Crippen molar-refractivity contribution in [1.82, 2.24) is 9.78 Å². The Morgan fingerprint density at radius 3 is 2.82 bits per heavy atom. The van der Waals surface area contributed by atoms with Crippen molar-refractivity contribution in [3.63, 3.8) is 0 Å². The number of hydrogen-bond donors (Lipinski definition) is 1. The molecular formula is C12H14FN3O. The van der Waals surface area contributed by atoms with Gasteiger partial charge in [0.1, 0.15) is 5.82 Å². The third kappa shape index (κ3) is 2.22. The van der Waals surface area contributed by atoms with Crippen molar-refractivity contribution in [3.8, 4) is 5.75 Å². The SMILES string of the molecule is COc1cccc(Cn2nc(N)cc2C)c1F. The molecule has 0 spiro atoms. The molecule has 5 heteroatoms. The number of nitrogens with zero attached hydrogens (tertiary/aromatic N) is 2. The van der Waals surface area contributed by atoms with Gasteiger partial charge in [0.25, 0.3) is 0 Å². The average Bonchev–Trinajstić information content (AvgIpc) is 2.60. The van der Waals surface area contributed by atoms with Crippen molar-refractivity contribution in [2.24, 2.45) is 0 Å². The number of nitrogens with two attached hydrogens (primary N) is 1. The van der Waals surface area contributed by atoms with Crippen molar-refractivity contribution < 1.29 is 9.13 Å². The maximum absolute atomic E-state index is 13.9. The minimum Gasteiger partial charge on any atom is -0.494 e. The monoisotopic (exact) mass is 235 g/mol. The van der Waals surface area contributed by atoms with Gasteiger partial charge in [-0.3, -0.25) is 4.68 Å². The van der Waals surface area contributed by atoms with Crippen LogP contribution >= 0.6 is 0 Å². The molecule has 4 nitrogen and oxygen atoms in total. The van der Waals surface area contributed by atoms with E-state index in [0.717, 1.165) is 5.69 Å². The van der Waals surface area contributed by atoms with Gasteiger partial charge in [-0.25, -0.2) is 4.39 Å². The lowest BCUT2D eigenvalue weighted by Gasteiger charge is -2.08. The fourth-order valence-electron chi connectivity index (χ4n) is 1.69. The van der Waals surface area contributed by atoms with Crippen LogP contribution in [-0.4, -0.2) is 16.9 Å². The number of hydrogen-bond acceptors (Lipinski definition) is 3. The summed E-state index contributed by atoms with van der Waals surface area (Å²) in [5.41, 5.74) is 6.99. The molecule has 0 radical (unpaired) electrons. The maximum atomic E-state index is 13.9. The van der Waals surface area contributed by atoms with Crippen molar-refractivity contribution in [3.05, 3.63) is 41.3 Å². The predicted octanol–water partition coefficient (Wildman–Crippen LogP) is 1.97. The van der Waals surface area contributed by atoms with Crippen LogP contribution in [0.15, 0.2) is 24.3 Å². The molecule has 2 N–H and O–H groups in total. The van der Waals surface area contributed by atoms with E-state index in [2.05, 4.69) is 5.10 Å². The van der Waals surface area contributed by atoms with Gasteiger partial charge in [0.2, 0.25) is 0 Å². The number of halogens is 1. The fraction of sp³-hybridized carbons (Fsp3) is 0.250. The van der Waals surface area contributed by atoms with Crippen LogP contribution in [0.5, 0.6) is 5.75 Å². The number of methoxy groups -OCH3 is 1. The zero-order valence-corrected chi connectivity index (χ0v) is 9.77. The minimum absolute atomic E-state index is 0.236. The number of aromatic nitrogens is 2. The Labute approximate surface area is 98.8 Å². The number of benzene rings is 1. The summed E-state index contributed by atoms with van der Waals surface area (Å²) in [5.74, 6) is 0.314. The molecule has 2 aromatic rings. The van der Waals surface area contributed by atoms with Crippen molar-refractivity contribution in [2.75, 3.05) is 12.8 Å². The van der Waals surface area contributed by atoms with Crippen LogP contribution in [-0.2, 0) is 6.54 Å². The molecule has 0 amide bonds. The molecule has 1 heterocycles. The Kier molecular flexibility index (Phi) is 2.99. The summed E-state index contributed by atoms with van der Waals surface area (Å²) in [4.78, 5) is 0. The number of rotatable bonds is 3. The molecule has 0 atom stereocenters.